The summed E-state index contributed by atoms with van der Waals surface area (Å²) in [6, 6.07) is 4.23. The van der Waals surface area contributed by atoms with Gasteiger partial charge in [-0.25, -0.2) is 9.18 Å². The Labute approximate surface area is 127 Å². The lowest BCUT2D eigenvalue weighted by molar-refractivity contribution is -0.135. The molecule has 0 unspecified atom stereocenters. The molecule has 0 radical (unpaired) electrons. The van der Waals surface area contributed by atoms with Crippen molar-refractivity contribution >= 4 is 29.1 Å². The average molecular weight is 315 g/mol. The number of benzene rings is 1. The summed E-state index contributed by atoms with van der Waals surface area (Å²) in [5.74, 6) is -1.39. The molecule has 0 heterocycles. The molecule has 21 heavy (non-hydrogen) atoms. The molecule has 0 saturated carbocycles. The van der Waals surface area contributed by atoms with Gasteiger partial charge < -0.3 is 10.2 Å². The Morgan fingerprint density at radius 2 is 2.14 bits per heavy atom. The molecule has 0 atom stereocenters. The van der Waals surface area contributed by atoms with Crippen molar-refractivity contribution in [3.8, 4) is 0 Å². The Balaban J connectivity index is 2.52. The molecule has 0 aromatic heterocycles. The molecule has 1 N–H and O–H groups in total. The van der Waals surface area contributed by atoms with Crippen LogP contribution in [-0.2, 0) is 20.7 Å². The van der Waals surface area contributed by atoms with Crippen LogP contribution in [0.5, 0.6) is 0 Å². The molecule has 0 fully saturated rings. The molecule has 0 amide bonds. The van der Waals surface area contributed by atoms with Crippen LogP contribution in [0, 0.1) is 5.82 Å². The van der Waals surface area contributed by atoms with Crippen molar-refractivity contribution < 1.29 is 18.7 Å². The molecule has 5 nitrogen and oxygen atoms in total. The van der Waals surface area contributed by atoms with Gasteiger partial charge in [-0.15, -0.1) is 0 Å². The van der Waals surface area contributed by atoms with E-state index in [9.17, 15) is 14.0 Å². The molecule has 7 heteroatoms. The maximum Gasteiger partial charge on any atom is 0.354 e. The Morgan fingerprint density at radius 3 is 2.76 bits per heavy atom. The maximum absolute atomic E-state index is 13.5. The van der Waals surface area contributed by atoms with Crippen LogP contribution in [0.3, 0.4) is 0 Å². The molecular weight excluding hydrogens is 299 g/mol. The quantitative estimate of drug-likeness (QED) is 0.475. The summed E-state index contributed by atoms with van der Waals surface area (Å²) in [5, 5.41) is 3.92. The number of nitrogens with one attached hydrogen (secondary N) is 1. The van der Waals surface area contributed by atoms with Crippen LogP contribution in [-0.4, -0.2) is 30.6 Å². The van der Waals surface area contributed by atoms with E-state index in [0.29, 0.717) is 0 Å². The van der Waals surface area contributed by atoms with Gasteiger partial charge in [-0.2, -0.15) is 5.10 Å². The van der Waals surface area contributed by atoms with Crippen molar-refractivity contribution in [1.29, 1.82) is 0 Å². The van der Waals surface area contributed by atoms with E-state index in [2.05, 4.69) is 10.5 Å². The summed E-state index contributed by atoms with van der Waals surface area (Å²) in [6.07, 6.45) is -0.146. The zero-order valence-corrected chi connectivity index (χ0v) is 12.5. The van der Waals surface area contributed by atoms with E-state index in [1.807, 2.05) is 0 Å². The number of nitrogens with zero attached hydrogens (tertiary/aromatic N) is 1. The molecule has 0 bridgehead atoms. The van der Waals surface area contributed by atoms with Crippen molar-refractivity contribution in [2.45, 2.75) is 20.3 Å². The van der Waals surface area contributed by atoms with Gasteiger partial charge >= 0.3 is 5.97 Å². The Morgan fingerprint density at radius 1 is 1.43 bits per heavy atom. The molecule has 0 saturated heterocycles. The van der Waals surface area contributed by atoms with Crippen LogP contribution >= 0.6 is 11.6 Å². The van der Waals surface area contributed by atoms with E-state index < -0.39 is 11.8 Å². The third-order valence-corrected chi connectivity index (χ3v) is 2.88. The molecule has 1 rings (SSSR count). The zero-order valence-electron chi connectivity index (χ0n) is 11.8. The second-order valence-corrected chi connectivity index (χ2v) is 4.58. The van der Waals surface area contributed by atoms with E-state index in [-0.39, 0.29) is 41.7 Å². The average Bonchev–Trinajstić information content (AvgIpc) is 2.43. The van der Waals surface area contributed by atoms with Gasteiger partial charge in [0.1, 0.15) is 11.5 Å². The van der Waals surface area contributed by atoms with E-state index in [1.165, 1.54) is 25.1 Å². The van der Waals surface area contributed by atoms with E-state index in [4.69, 9.17) is 16.3 Å². The van der Waals surface area contributed by atoms with Crippen LogP contribution in [0.4, 0.5) is 4.39 Å². The van der Waals surface area contributed by atoms with Gasteiger partial charge in [0.15, 0.2) is 5.78 Å². The minimum absolute atomic E-state index is 0.105. The minimum atomic E-state index is -0.561. The number of rotatable bonds is 7. The van der Waals surface area contributed by atoms with Crippen molar-refractivity contribution in [2.75, 3.05) is 13.2 Å². The maximum atomic E-state index is 13.5. The molecule has 0 aliphatic heterocycles. The number of hydrogen-bond acceptors (Lipinski definition) is 5. The van der Waals surface area contributed by atoms with Gasteiger partial charge in [0, 0.05) is 17.0 Å². The first-order valence-electron chi connectivity index (χ1n) is 6.34. The lowest BCUT2D eigenvalue weighted by atomic mass is 10.1. The summed E-state index contributed by atoms with van der Waals surface area (Å²) in [5.41, 5.74) is 2.71. The molecular formula is C14H16ClFN2O3. The number of Topliss-reactive ketones (excluding diaryl/α,β-unsaturated/α-hetero) is 1. The minimum Gasteiger partial charge on any atom is -0.461 e. The van der Waals surface area contributed by atoms with Gasteiger partial charge in [0.05, 0.1) is 13.2 Å². The predicted octanol–water partition coefficient (Wildman–Crippen LogP) is 2.12. The number of ketones is 1. The van der Waals surface area contributed by atoms with Crippen molar-refractivity contribution in [2.24, 2.45) is 5.10 Å². The highest BCUT2D eigenvalue weighted by atomic mass is 35.5. The van der Waals surface area contributed by atoms with Gasteiger partial charge in [0.25, 0.3) is 0 Å². The Kier molecular flexibility index (Phi) is 6.81. The molecule has 0 aliphatic carbocycles. The van der Waals surface area contributed by atoms with Crippen LogP contribution in [0.1, 0.15) is 19.4 Å². The number of hydrogen-bond donors (Lipinski definition) is 1. The Hall–Kier alpha value is -1.95. The van der Waals surface area contributed by atoms with Crippen LogP contribution in [0.25, 0.3) is 0 Å². The molecule has 0 spiro atoms. The fraction of sp³-hybridized carbons (Fsp3) is 0.357. The smallest absolute Gasteiger partial charge is 0.354 e. The molecule has 1 aromatic carbocycles. The first-order valence-corrected chi connectivity index (χ1v) is 6.72. The highest BCUT2D eigenvalue weighted by molar-refractivity contribution is 6.35. The first kappa shape index (κ1) is 17.1. The lowest BCUT2D eigenvalue weighted by Crippen LogP contribution is -2.24. The van der Waals surface area contributed by atoms with Gasteiger partial charge in [0.2, 0.25) is 0 Å². The second kappa shape index (κ2) is 8.36. The number of halogens is 2. The number of hydrazone groups is 1. The highest BCUT2D eigenvalue weighted by Gasteiger charge is 2.12. The third kappa shape index (κ3) is 5.51. The first-order chi connectivity index (χ1) is 9.95. The van der Waals surface area contributed by atoms with Crippen molar-refractivity contribution in [3.05, 3.63) is 34.6 Å². The lowest BCUT2D eigenvalue weighted by Gasteiger charge is -2.06. The number of carbonyl (C=O) groups is 2. The van der Waals surface area contributed by atoms with Gasteiger partial charge in [-0.05, 0) is 26.0 Å². The molecule has 114 valence electrons. The normalized spacial score (nSPS) is 11.1. The fourth-order valence-corrected chi connectivity index (χ4v) is 1.72. The number of carbonyl (C=O) groups excluding carboxylic acids is 2. The van der Waals surface area contributed by atoms with Crippen LogP contribution < -0.4 is 5.43 Å². The van der Waals surface area contributed by atoms with E-state index in [1.54, 1.807) is 6.92 Å². The standard InChI is InChI=1S/C14H16ClFN2O3/c1-3-21-14(20)9(2)18-17-8-10(19)7-11-12(15)5-4-6-13(11)16/h4-6,17H,3,7-8H2,1-2H3. The second-order valence-electron chi connectivity index (χ2n) is 4.17. The number of ether oxygens (including phenoxy) is 1. The monoisotopic (exact) mass is 314 g/mol. The van der Waals surface area contributed by atoms with E-state index >= 15 is 0 Å². The Bertz CT molecular complexity index is 541. The summed E-state index contributed by atoms with van der Waals surface area (Å²) in [4.78, 5) is 23.0. The highest BCUT2D eigenvalue weighted by Crippen LogP contribution is 2.19. The van der Waals surface area contributed by atoms with E-state index in [0.717, 1.165) is 0 Å². The third-order valence-electron chi connectivity index (χ3n) is 2.53. The van der Waals surface area contributed by atoms with Crippen molar-refractivity contribution in [3.63, 3.8) is 0 Å². The summed E-state index contributed by atoms with van der Waals surface area (Å²) in [6.45, 7) is 3.25. The summed E-state index contributed by atoms with van der Waals surface area (Å²) >= 11 is 5.83. The molecule has 1 aromatic rings. The summed E-state index contributed by atoms with van der Waals surface area (Å²) < 4.78 is 18.2. The molecule has 0 aliphatic rings. The topological polar surface area (TPSA) is 67.8 Å². The zero-order chi connectivity index (χ0) is 15.8. The predicted molar refractivity (Wildman–Crippen MR) is 77.9 cm³/mol. The van der Waals surface area contributed by atoms with Crippen LogP contribution in [0.15, 0.2) is 23.3 Å². The number of esters is 1. The van der Waals surface area contributed by atoms with Crippen LogP contribution in [0.2, 0.25) is 5.02 Å². The largest absolute Gasteiger partial charge is 0.461 e. The van der Waals surface area contributed by atoms with Gasteiger partial charge in [-0.1, -0.05) is 17.7 Å². The SMILES string of the molecule is CCOC(=O)C(C)=NNCC(=O)Cc1c(F)cccc1Cl. The van der Waals surface area contributed by atoms with Crippen molar-refractivity contribution in [1.82, 2.24) is 5.43 Å². The summed E-state index contributed by atoms with van der Waals surface area (Å²) in [7, 11) is 0. The van der Waals surface area contributed by atoms with Gasteiger partial charge in [-0.3, -0.25) is 4.79 Å². The fourth-order valence-electron chi connectivity index (χ4n) is 1.49.